The Morgan fingerprint density at radius 2 is 2.20 bits per heavy atom. The summed E-state index contributed by atoms with van der Waals surface area (Å²) in [5.74, 6) is -0.875. The highest BCUT2D eigenvalue weighted by atomic mass is 35.5. The van der Waals surface area contributed by atoms with E-state index in [1.165, 1.54) is 0 Å². The Morgan fingerprint density at radius 3 is 2.70 bits per heavy atom. The fraction of sp³-hybridized carbons (Fsp3) is 0.533. The average Bonchev–Trinajstić information content (AvgIpc) is 2.94. The predicted molar refractivity (Wildman–Crippen MR) is 78.0 cm³/mol. The van der Waals surface area contributed by atoms with Gasteiger partial charge >= 0.3 is 5.97 Å². The highest BCUT2D eigenvalue weighted by Crippen LogP contribution is 2.27. The Balaban J connectivity index is 2.19. The van der Waals surface area contributed by atoms with Gasteiger partial charge in [0.25, 0.3) is 0 Å². The molecule has 0 radical (unpaired) electrons. The van der Waals surface area contributed by atoms with Gasteiger partial charge in [-0.05, 0) is 37.0 Å². The van der Waals surface area contributed by atoms with Crippen LogP contribution in [0.25, 0.3) is 0 Å². The molecule has 2 N–H and O–H groups in total. The van der Waals surface area contributed by atoms with Gasteiger partial charge in [-0.15, -0.1) is 0 Å². The zero-order valence-corrected chi connectivity index (χ0v) is 12.3. The largest absolute Gasteiger partial charge is 0.480 e. The fourth-order valence-electron chi connectivity index (χ4n) is 2.61. The van der Waals surface area contributed by atoms with E-state index in [0.717, 1.165) is 25.0 Å². The minimum atomic E-state index is -1.09. The van der Waals surface area contributed by atoms with Gasteiger partial charge in [-0.1, -0.05) is 30.7 Å². The normalized spacial score (nSPS) is 21.6. The number of halogens is 1. The van der Waals surface area contributed by atoms with Crippen LogP contribution in [0, 0.1) is 0 Å². The molecule has 1 aliphatic rings. The van der Waals surface area contributed by atoms with Crippen molar-refractivity contribution in [1.82, 2.24) is 5.32 Å². The molecule has 1 aliphatic heterocycles. The van der Waals surface area contributed by atoms with Crippen molar-refractivity contribution in [3.63, 3.8) is 0 Å². The van der Waals surface area contributed by atoms with Crippen LogP contribution in [0.2, 0.25) is 5.02 Å². The number of hydrogen-bond donors (Lipinski definition) is 2. The van der Waals surface area contributed by atoms with Crippen molar-refractivity contribution >= 4 is 17.6 Å². The number of ether oxygens (including phenoxy) is 1. The Labute approximate surface area is 124 Å². The molecule has 5 heteroatoms. The summed E-state index contributed by atoms with van der Waals surface area (Å²) in [5, 5.41) is 13.5. The number of hydrogen-bond acceptors (Lipinski definition) is 3. The summed E-state index contributed by atoms with van der Waals surface area (Å²) in [7, 11) is 0. The van der Waals surface area contributed by atoms with Crippen LogP contribution >= 0.6 is 11.6 Å². The highest BCUT2D eigenvalue weighted by molar-refractivity contribution is 6.30. The van der Waals surface area contributed by atoms with E-state index in [4.69, 9.17) is 16.3 Å². The van der Waals surface area contributed by atoms with Crippen molar-refractivity contribution in [3.05, 3.63) is 34.9 Å². The smallest absolute Gasteiger partial charge is 0.328 e. The second kappa shape index (κ2) is 6.57. The molecule has 2 rings (SSSR count). The molecule has 1 aromatic rings. The number of carboxylic acids is 1. The molecule has 2 atom stereocenters. The molecule has 0 aliphatic carbocycles. The van der Waals surface area contributed by atoms with E-state index in [1.807, 2.05) is 6.92 Å². The quantitative estimate of drug-likeness (QED) is 0.848. The number of carbonyl (C=O) groups is 1. The van der Waals surface area contributed by atoms with Gasteiger partial charge in [0.05, 0.1) is 6.10 Å². The first-order valence-electron chi connectivity index (χ1n) is 6.94. The summed E-state index contributed by atoms with van der Waals surface area (Å²) in [6.07, 6.45) is 2.58. The van der Waals surface area contributed by atoms with Crippen LogP contribution in [0.1, 0.15) is 31.7 Å². The van der Waals surface area contributed by atoms with E-state index in [-0.39, 0.29) is 6.10 Å². The molecular weight excluding hydrogens is 278 g/mol. The van der Waals surface area contributed by atoms with Gasteiger partial charge < -0.3 is 9.84 Å². The molecule has 110 valence electrons. The van der Waals surface area contributed by atoms with Crippen LogP contribution in [-0.2, 0) is 15.1 Å². The van der Waals surface area contributed by atoms with E-state index < -0.39 is 11.5 Å². The summed E-state index contributed by atoms with van der Waals surface area (Å²) < 4.78 is 5.55. The molecule has 2 unspecified atom stereocenters. The molecule has 0 amide bonds. The first kappa shape index (κ1) is 15.3. The van der Waals surface area contributed by atoms with Crippen molar-refractivity contribution in [3.8, 4) is 0 Å². The van der Waals surface area contributed by atoms with Crippen molar-refractivity contribution in [1.29, 1.82) is 0 Å². The van der Waals surface area contributed by atoms with E-state index in [9.17, 15) is 9.90 Å². The molecule has 4 nitrogen and oxygen atoms in total. The zero-order chi connectivity index (χ0) is 14.6. The molecule has 1 heterocycles. The molecule has 0 saturated carbocycles. The monoisotopic (exact) mass is 297 g/mol. The standard InChI is InChI=1S/C15H20ClNO3/c1-2-15(14(18)19,11-5-7-12(16)8-6-11)17-10-13-4-3-9-20-13/h5-8,13,17H,2-4,9-10H2,1H3,(H,18,19). The topological polar surface area (TPSA) is 58.6 Å². The van der Waals surface area contributed by atoms with Gasteiger partial charge in [0.2, 0.25) is 0 Å². The second-order valence-electron chi connectivity index (χ2n) is 5.09. The maximum absolute atomic E-state index is 11.8. The van der Waals surface area contributed by atoms with Crippen molar-refractivity contribution < 1.29 is 14.6 Å². The van der Waals surface area contributed by atoms with Gasteiger partial charge in [0.15, 0.2) is 0 Å². The molecular formula is C15H20ClNO3. The van der Waals surface area contributed by atoms with Gasteiger partial charge in [-0.3, -0.25) is 5.32 Å². The first-order chi connectivity index (χ1) is 9.58. The minimum Gasteiger partial charge on any atom is -0.480 e. The number of nitrogens with one attached hydrogen (secondary N) is 1. The van der Waals surface area contributed by atoms with Crippen molar-refractivity contribution in [2.45, 2.75) is 37.8 Å². The molecule has 0 bridgehead atoms. The van der Waals surface area contributed by atoms with Gasteiger partial charge in [-0.2, -0.15) is 0 Å². The molecule has 0 aromatic heterocycles. The number of carboxylic acid groups (broad SMARTS) is 1. The zero-order valence-electron chi connectivity index (χ0n) is 11.6. The molecule has 1 saturated heterocycles. The summed E-state index contributed by atoms with van der Waals surface area (Å²) >= 11 is 5.88. The van der Waals surface area contributed by atoms with Crippen LogP contribution in [0.3, 0.4) is 0 Å². The summed E-state index contributed by atoms with van der Waals surface area (Å²) in [5.41, 5.74) is -0.369. The lowest BCUT2D eigenvalue weighted by atomic mass is 9.87. The van der Waals surface area contributed by atoms with Crippen molar-refractivity contribution in [2.24, 2.45) is 0 Å². The van der Waals surface area contributed by atoms with Gasteiger partial charge in [-0.25, -0.2) is 4.79 Å². The number of benzene rings is 1. The lowest BCUT2D eigenvalue weighted by Crippen LogP contribution is -2.51. The van der Waals surface area contributed by atoms with Crippen LogP contribution in [0.4, 0.5) is 0 Å². The number of rotatable bonds is 6. The Bertz CT molecular complexity index is 457. The van der Waals surface area contributed by atoms with E-state index in [2.05, 4.69) is 5.32 Å². The maximum atomic E-state index is 11.8. The first-order valence-corrected chi connectivity index (χ1v) is 7.32. The molecule has 1 fully saturated rings. The third-order valence-corrected chi connectivity index (χ3v) is 4.14. The summed E-state index contributed by atoms with van der Waals surface area (Å²) in [6, 6.07) is 6.97. The summed E-state index contributed by atoms with van der Waals surface area (Å²) in [4.78, 5) is 11.8. The lowest BCUT2D eigenvalue weighted by Gasteiger charge is -2.31. The van der Waals surface area contributed by atoms with Crippen molar-refractivity contribution in [2.75, 3.05) is 13.2 Å². The average molecular weight is 298 g/mol. The second-order valence-corrected chi connectivity index (χ2v) is 5.52. The van der Waals surface area contributed by atoms with E-state index in [1.54, 1.807) is 24.3 Å². The highest BCUT2D eigenvalue weighted by Gasteiger charge is 2.39. The lowest BCUT2D eigenvalue weighted by molar-refractivity contribution is -0.145. The van der Waals surface area contributed by atoms with Crippen LogP contribution < -0.4 is 5.32 Å². The molecule has 1 aromatic carbocycles. The molecule has 20 heavy (non-hydrogen) atoms. The summed E-state index contributed by atoms with van der Waals surface area (Å²) in [6.45, 7) is 3.17. The molecule has 0 spiro atoms. The van der Waals surface area contributed by atoms with Crippen LogP contribution in [0.5, 0.6) is 0 Å². The predicted octanol–water partition coefficient (Wildman–Crippen LogP) is 2.80. The Hall–Kier alpha value is -1.10. The van der Waals surface area contributed by atoms with Crippen LogP contribution in [0.15, 0.2) is 24.3 Å². The Morgan fingerprint density at radius 1 is 1.50 bits per heavy atom. The van der Waals surface area contributed by atoms with Gasteiger partial charge in [0.1, 0.15) is 5.54 Å². The SMILES string of the molecule is CCC(NCC1CCCO1)(C(=O)O)c1ccc(Cl)cc1. The Kier molecular flexibility index (Phi) is 5.02. The van der Waals surface area contributed by atoms with E-state index in [0.29, 0.717) is 18.0 Å². The third kappa shape index (κ3) is 3.14. The third-order valence-electron chi connectivity index (χ3n) is 3.89. The minimum absolute atomic E-state index is 0.104. The van der Waals surface area contributed by atoms with Gasteiger partial charge in [0, 0.05) is 18.2 Å². The maximum Gasteiger partial charge on any atom is 0.328 e. The van der Waals surface area contributed by atoms with Crippen LogP contribution in [-0.4, -0.2) is 30.3 Å². The van der Waals surface area contributed by atoms with E-state index >= 15 is 0 Å². The number of aliphatic carboxylic acids is 1. The fourth-order valence-corrected chi connectivity index (χ4v) is 2.74.